The number of nitrogens with one attached hydrogen (secondary N) is 2. The topological polar surface area (TPSA) is 136 Å². The Bertz CT molecular complexity index is 1480. The van der Waals surface area contributed by atoms with Crippen molar-refractivity contribution in [1.82, 2.24) is 19.7 Å². The molecule has 0 radical (unpaired) electrons. The van der Waals surface area contributed by atoms with E-state index in [1.807, 2.05) is 15.5 Å². The molecule has 12 heteroatoms. The summed E-state index contributed by atoms with van der Waals surface area (Å²) in [6, 6.07) is 1.38. The summed E-state index contributed by atoms with van der Waals surface area (Å²) in [5.74, 6) is -0.990. The molecule has 0 saturated carbocycles. The smallest absolute Gasteiger partial charge is 0.340 e. The number of ether oxygens (including phenoxy) is 1. The van der Waals surface area contributed by atoms with Crippen LogP contribution in [0.2, 0.25) is 0 Å². The molecule has 0 spiro atoms. The second-order valence-corrected chi connectivity index (χ2v) is 8.82. The summed E-state index contributed by atoms with van der Waals surface area (Å²) in [6.07, 6.45) is 9.40. The summed E-state index contributed by atoms with van der Waals surface area (Å²) < 4.78 is 53.5. The van der Waals surface area contributed by atoms with Gasteiger partial charge in [-0.25, -0.2) is 23.9 Å². The molecule has 0 fully saturated rings. The van der Waals surface area contributed by atoms with E-state index < -0.39 is 27.5 Å². The molecule has 3 heterocycles. The maximum atomic E-state index is 14.9. The first-order valence-corrected chi connectivity index (χ1v) is 11.4. The van der Waals surface area contributed by atoms with E-state index in [-0.39, 0.29) is 23.7 Å². The third kappa shape index (κ3) is 4.91. The molecule has 2 N–H and O–H groups in total. The Morgan fingerprint density at radius 3 is 2.82 bits per heavy atom. The van der Waals surface area contributed by atoms with E-state index >= 15 is 0 Å². The van der Waals surface area contributed by atoms with Crippen LogP contribution in [0.5, 0.6) is 5.88 Å². The van der Waals surface area contributed by atoms with Crippen LogP contribution in [0.25, 0.3) is 12.2 Å². The summed E-state index contributed by atoms with van der Waals surface area (Å²) in [7, 11) is -2.77. The lowest BCUT2D eigenvalue weighted by Gasteiger charge is -2.16. The third-order valence-electron chi connectivity index (χ3n) is 5.11. The van der Waals surface area contributed by atoms with Gasteiger partial charge in [-0.3, -0.25) is 9.71 Å². The van der Waals surface area contributed by atoms with Crippen molar-refractivity contribution >= 4 is 28.2 Å². The molecule has 3 aromatic heterocycles. The molecule has 0 amide bonds. The van der Waals surface area contributed by atoms with E-state index in [0.29, 0.717) is 28.5 Å². The van der Waals surface area contributed by atoms with Gasteiger partial charge in [-0.1, -0.05) is 6.08 Å². The van der Waals surface area contributed by atoms with Gasteiger partial charge >= 0.3 is 5.63 Å². The van der Waals surface area contributed by atoms with E-state index in [2.05, 4.69) is 15.0 Å². The van der Waals surface area contributed by atoms with Crippen molar-refractivity contribution in [2.24, 2.45) is 0 Å². The minimum atomic E-state index is -3.95. The molecule has 1 aliphatic carbocycles. The number of rotatable bonds is 7. The minimum Gasteiger partial charge on any atom is -0.469 e. The first-order chi connectivity index (χ1) is 15.8. The van der Waals surface area contributed by atoms with Gasteiger partial charge in [0.1, 0.15) is 11.5 Å². The highest BCUT2D eigenvalue weighted by Crippen LogP contribution is 2.19. The molecule has 1 aliphatic rings. The maximum absolute atomic E-state index is 14.9. The van der Waals surface area contributed by atoms with Gasteiger partial charge in [-0.2, -0.15) is 8.42 Å². The zero-order valence-electron chi connectivity index (χ0n) is 17.7. The molecule has 3 aromatic rings. The van der Waals surface area contributed by atoms with Crippen LogP contribution in [-0.2, 0) is 16.6 Å². The lowest BCUT2D eigenvalue weighted by atomic mass is 9.99. The van der Waals surface area contributed by atoms with Gasteiger partial charge in [-0.15, -0.1) is 0 Å². The second kappa shape index (κ2) is 9.08. The van der Waals surface area contributed by atoms with Crippen molar-refractivity contribution in [3.05, 3.63) is 74.4 Å². The van der Waals surface area contributed by atoms with Gasteiger partial charge in [-0.05, 0) is 30.2 Å². The highest BCUT2D eigenvalue weighted by molar-refractivity contribution is 7.90. The van der Waals surface area contributed by atoms with Crippen LogP contribution in [0.3, 0.4) is 0 Å². The number of aromatic nitrogens is 3. The van der Waals surface area contributed by atoms with Gasteiger partial charge < -0.3 is 9.15 Å². The van der Waals surface area contributed by atoms with Crippen molar-refractivity contribution in [3.63, 3.8) is 0 Å². The van der Waals surface area contributed by atoms with Gasteiger partial charge in [0.25, 0.3) is 10.2 Å². The predicted molar refractivity (Wildman–Crippen MR) is 118 cm³/mol. The van der Waals surface area contributed by atoms with Crippen LogP contribution in [0.4, 0.5) is 10.2 Å². The highest BCUT2D eigenvalue weighted by atomic mass is 32.2. The Hall–Kier alpha value is -3.64. The Labute approximate surface area is 188 Å². The van der Waals surface area contributed by atoms with Crippen LogP contribution in [-0.4, -0.2) is 36.5 Å². The average molecular weight is 473 g/mol. The first kappa shape index (κ1) is 22.6. The average Bonchev–Trinajstić information content (AvgIpc) is 2.79. The lowest BCUT2D eigenvalue weighted by molar-refractivity contribution is 0.255. The van der Waals surface area contributed by atoms with E-state index in [0.717, 1.165) is 0 Å². The summed E-state index contributed by atoms with van der Waals surface area (Å²) in [4.78, 5) is 24.5. The normalized spacial score (nSPS) is 15.2. The molecule has 172 valence electrons. The van der Waals surface area contributed by atoms with Gasteiger partial charge in [0.05, 0.1) is 6.20 Å². The molecular weight excluding hydrogens is 453 g/mol. The summed E-state index contributed by atoms with van der Waals surface area (Å²) >= 11 is 0. The van der Waals surface area contributed by atoms with Crippen molar-refractivity contribution in [2.75, 3.05) is 11.8 Å². The van der Waals surface area contributed by atoms with Crippen LogP contribution in [0, 0.1) is 12.7 Å². The lowest BCUT2D eigenvalue weighted by Crippen LogP contribution is -2.39. The Morgan fingerprint density at radius 1 is 1.27 bits per heavy atom. The fourth-order valence-electron chi connectivity index (χ4n) is 3.41. The molecule has 0 saturated heterocycles. The van der Waals surface area contributed by atoms with Gasteiger partial charge in [0.2, 0.25) is 5.88 Å². The van der Waals surface area contributed by atoms with Crippen molar-refractivity contribution in [1.29, 1.82) is 0 Å². The zero-order chi connectivity index (χ0) is 23.6. The molecular formula is C21H20FN5O5S. The van der Waals surface area contributed by atoms with Gasteiger partial charge in [0.15, 0.2) is 11.6 Å². The molecule has 4 rings (SSSR count). The number of anilines is 1. The summed E-state index contributed by atoms with van der Waals surface area (Å²) in [5, 5.41) is 0.717. The molecule has 1 unspecified atom stereocenters. The van der Waals surface area contributed by atoms with E-state index in [1.165, 1.54) is 37.9 Å². The fraction of sp³-hybridized carbons (Fsp3) is 0.238. The highest BCUT2D eigenvalue weighted by Gasteiger charge is 2.20. The first-order valence-electron chi connectivity index (χ1n) is 9.89. The monoisotopic (exact) mass is 473 g/mol. The Morgan fingerprint density at radius 2 is 2.09 bits per heavy atom. The second-order valence-electron chi connectivity index (χ2n) is 7.20. The van der Waals surface area contributed by atoms with Crippen LogP contribution in [0.1, 0.15) is 23.1 Å². The SMILES string of the molecule is CNS(=O)(=O)Nc1nccc(Cc2c(C)c3c(oc2=O)=CC(Oc2cnccn2)CC=3)c1F. The molecule has 0 aromatic carbocycles. The van der Waals surface area contributed by atoms with Crippen LogP contribution >= 0.6 is 0 Å². The maximum Gasteiger partial charge on any atom is 0.340 e. The van der Waals surface area contributed by atoms with E-state index in [1.54, 1.807) is 13.0 Å². The van der Waals surface area contributed by atoms with E-state index in [9.17, 15) is 17.6 Å². The predicted octanol–water partition coefficient (Wildman–Crippen LogP) is 0.152. The quantitative estimate of drug-likeness (QED) is 0.495. The number of nitrogens with zero attached hydrogens (tertiary/aromatic N) is 3. The number of halogens is 1. The number of pyridine rings is 1. The molecule has 0 aliphatic heterocycles. The van der Waals surface area contributed by atoms with Crippen molar-refractivity contribution < 1.29 is 22.0 Å². The number of hydrogen-bond acceptors (Lipinski definition) is 8. The third-order valence-corrected chi connectivity index (χ3v) is 6.11. The zero-order valence-corrected chi connectivity index (χ0v) is 18.5. The molecule has 33 heavy (non-hydrogen) atoms. The van der Waals surface area contributed by atoms with Crippen LogP contribution in [0.15, 0.2) is 40.1 Å². The summed E-state index contributed by atoms with van der Waals surface area (Å²) in [6.45, 7) is 1.75. The van der Waals surface area contributed by atoms with Gasteiger partial charge in [0, 0.05) is 49.3 Å². The summed E-state index contributed by atoms with van der Waals surface area (Å²) in [5.41, 5.74) is 0.740. The largest absolute Gasteiger partial charge is 0.469 e. The minimum absolute atomic E-state index is 0.0952. The molecule has 10 nitrogen and oxygen atoms in total. The fourth-order valence-corrected chi connectivity index (χ4v) is 3.91. The van der Waals surface area contributed by atoms with E-state index in [4.69, 9.17) is 9.15 Å². The van der Waals surface area contributed by atoms with Crippen molar-refractivity contribution in [2.45, 2.75) is 25.9 Å². The molecule has 0 bridgehead atoms. The number of hydrogen-bond donors (Lipinski definition) is 2. The Kier molecular flexibility index (Phi) is 6.20. The van der Waals surface area contributed by atoms with Crippen molar-refractivity contribution in [3.8, 4) is 5.88 Å². The number of fused-ring (bicyclic) bond motifs is 1. The Balaban J connectivity index is 1.66. The molecule has 1 atom stereocenters. The standard InChI is InChI=1S/C21H20FN5O5S/c1-12-15-4-3-14(31-18-11-24-7-8-25-18)10-17(15)32-21(28)16(12)9-13-5-6-26-20(19(13)22)27-33(29,30)23-2/h4-8,10-11,14,23H,3,9H2,1-2H3,(H,26,27). The van der Waals surface area contributed by atoms with Crippen LogP contribution < -0.4 is 30.4 Å².